The van der Waals surface area contributed by atoms with Crippen LogP contribution in [0.2, 0.25) is 0 Å². The van der Waals surface area contributed by atoms with Gasteiger partial charge in [-0.2, -0.15) is 0 Å². The van der Waals surface area contributed by atoms with Crippen molar-refractivity contribution < 1.29 is 34.3 Å². The van der Waals surface area contributed by atoms with Crippen LogP contribution in [0, 0.1) is 0 Å². The maximum atomic E-state index is 11.6. The minimum atomic E-state index is -1.14. The zero-order valence-electron chi connectivity index (χ0n) is 18.3. The third-order valence-electron chi connectivity index (χ3n) is 4.75. The molecule has 0 aliphatic carbocycles. The van der Waals surface area contributed by atoms with Crippen molar-refractivity contribution in [1.29, 1.82) is 0 Å². The van der Waals surface area contributed by atoms with E-state index in [1.54, 1.807) is 0 Å². The molecule has 0 bridgehead atoms. The van der Waals surface area contributed by atoms with Gasteiger partial charge in [-0.1, -0.05) is 64.9 Å². The number of ether oxygens (including phenoxy) is 3. The summed E-state index contributed by atoms with van der Waals surface area (Å²) in [7, 11) is 0. The van der Waals surface area contributed by atoms with Gasteiger partial charge in [-0.25, -0.2) is 0 Å². The van der Waals surface area contributed by atoms with Gasteiger partial charge in [0.2, 0.25) is 0 Å². The van der Waals surface area contributed by atoms with Crippen LogP contribution in [-0.2, 0) is 19.0 Å². The number of carbonyl (C=O) groups is 1. The zero-order valence-corrected chi connectivity index (χ0v) is 18.3. The average Bonchev–Trinajstić information content (AvgIpc) is 3.04. The van der Waals surface area contributed by atoms with Crippen molar-refractivity contribution in [3.63, 3.8) is 0 Å². The highest BCUT2D eigenvalue weighted by atomic mass is 16.6. The summed E-state index contributed by atoms with van der Waals surface area (Å²) in [5, 5.41) is 28.8. The molecule has 3 N–H and O–H groups in total. The summed E-state index contributed by atoms with van der Waals surface area (Å²) in [5.41, 5.74) is 0. The molecule has 0 aromatic rings. The first-order chi connectivity index (χ1) is 14.0. The Labute approximate surface area is 176 Å². The van der Waals surface area contributed by atoms with Gasteiger partial charge in [-0.15, -0.1) is 0 Å². The summed E-state index contributed by atoms with van der Waals surface area (Å²) >= 11 is 0. The van der Waals surface area contributed by atoms with E-state index in [9.17, 15) is 20.1 Å². The normalized spacial score (nSPS) is 21.8. The molecule has 1 aliphatic rings. The number of aliphatic hydroxyl groups excluding tert-OH is 3. The van der Waals surface area contributed by atoms with E-state index >= 15 is 0 Å². The summed E-state index contributed by atoms with van der Waals surface area (Å²) in [4.78, 5) is 11.6. The van der Waals surface area contributed by atoms with Crippen molar-refractivity contribution in [2.75, 3.05) is 19.8 Å². The molecule has 1 heterocycles. The Morgan fingerprint density at radius 1 is 1.10 bits per heavy atom. The summed E-state index contributed by atoms with van der Waals surface area (Å²) in [6, 6.07) is 0. The first-order valence-corrected chi connectivity index (χ1v) is 11.0. The Morgan fingerprint density at radius 2 is 1.69 bits per heavy atom. The van der Waals surface area contributed by atoms with E-state index < -0.39 is 24.4 Å². The molecule has 0 spiro atoms. The van der Waals surface area contributed by atoms with Gasteiger partial charge in [0.25, 0.3) is 0 Å². The van der Waals surface area contributed by atoms with E-state index in [0.717, 1.165) is 25.9 Å². The first kappa shape index (κ1) is 27.8. The lowest BCUT2D eigenvalue weighted by Gasteiger charge is -2.20. The Balaban J connectivity index is 0.00000139. The van der Waals surface area contributed by atoms with Crippen LogP contribution in [-0.4, -0.2) is 65.5 Å². The lowest BCUT2D eigenvalue weighted by molar-refractivity contribution is -0.151. The molecule has 0 aromatic heterocycles. The van der Waals surface area contributed by atoms with Crippen LogP contribution in [0.5, 0.6) is 0 Å². The summed E-state index contributed by atoms with van der Waals surface area (Å²) in [6.45, 7) is 7.95. The highest BCUT2D eigenvalue weighted by molar-refractivity contribution is 5.69. The summed E-state index contributed by atoms with van der Waals surface area (Å²) in [6.07, 6.45) is 8.27. The third kappa shape index (κ3) is 14.5. The number of esters is 1. The number of hydrogen-bond donors (Lipinski definition) is 3. The van der Waals surface area contributed by atoms with E-state index in [2.05, 4.69) is 18.2 Å². The Bertz CT molecular complexity index is 403. The molecule has 1 fully saturated rings. The number of aliphatic hydroxyl groups is 3. The van der Waals surface area contributed by atoms with Gasteiger partial charge in [0.05, 0.1) is 19.5 Å². The number of hydrogen-bond acceptors (Lipinski definition) is 7. The van der Waals surface area contributed by atoms with Gasteiger partial charge in [0.15, 0.2) is 0 Å². The molecular weight excluding hydrogens is 376 g/mol. The standard InChI is InChI=1S/C18H34O6.C4H8O/c1-2-3-4-5-6-7-8-9-10-11-16(21)23-13-15(20)18-17(22)14(19)12-24-18;1-3-5-4-2/h14-15,17-20,22H,2-13H2,1H3;3H,1,4H2,2H3/t14-,15+,17+,18+;/m0./s1. The molecule has 0 amide bonds. The largest absolute Gasteiger partial charge is 0.502 e. The Hall–Kier alpha value is -1.15. The van der Waals surface area contributed by atoms with Crippen molar-refractivity contribution in [1.82, 2.24) is 0 Å². The van der Waals surface area contributed by atoms with Crippen molar-refractivity contribution >= 4 is 5.97 Å². The summed E-state index contributed by atoms with van der Waals surface area (Å²) < 4.78 is 14.7. The van der Waals surface area contributed by atoms with Gasteiger partial charge in [-0.3, -0.25) is 4.79 Å². The molecule has 1 saturated heterocycles. The molecule has 0 radical (unpaired) electrons. The second-order valence-electron chi connectivity index (χ2n) is 7.31. The first-order valence-electron chi connectivity index (χ1n) is 11.0. The van der Waals surface area contributed by atoms with E-state index in [1.165, 1.54) is 44.8 Å². The van der Waals surface area contributed by atoms with Crippen LogP contribution in [0.3, 0.4) is 0 Å². The second-order valence-corrected chi connectivity index (χ2v) is 7.31. The zero-order chi connectivity index (χ0) is 21.9. The van der Waals surface area contributed by atoms with Crippen LogP contribution in [0.25, 0.3) is 0 Å². The lowest BCUT2D eigenvalue weighted by atomic mass is 10.1. The molecule has 1 aliphatic heterocycles. The maximum Gasteiger partial charge on any atom is 0.305 e. The molecule has 172 valence electrons. The smallest absolute Gasteiger partial charge is 0.305 e. The predicted molar refractivity (Wildman–Crippen MR) is 112 cm³/mol. The molecule has 7 nitrogen and oxygen atoms in total. The van der Waals surface area contributed by atoms with E-state index in [4.69, 9.17) is 9.47 Å². The van der Waals surface area contributed by atoms with Gasteiger partial charge < -0.3 is 29.5 Å². The lowest BCUT2D eigenvalue weighted by Crippen LogP contribution is -2.41. The fraction of sp³-hybridized carbons (Fsp3) is 0.864. The molecule has 1 rings (SSSR count). The fourth-order valence-corrected chi connectivity index (χ4v) is 3.01. The summed E-state index contributed by atoms with van der Waals surface area (Å²) in [5.74, 6) is -0.343. The van der Waals surface area contributed by atoms with Crippen molar-refractivity contribution in [2.45, 2.75) is 102 Å². The maximum absolute atomic E-state index is 11.6. The van der Waals surface area contributed by atoms with Gasteiger partial charge in [0, 0.05) is 6.42 Å². The quantitative estimate of drug-likeness (QED) is 0.213. The Morgan fingerprint density at radius 3 is 2.14 bits per heavy atom. The third-order valence-corrected chi connectivity index (χ3v) is 4.75. The molecular formula is C22H42O7. The van der Waals surface area contributed by atoms with Crippen LogP contribution in [0.15, 0.2) is 12.8 Å². The SMILES string of the molecule is C=COCC.CCCCCCCCCCCC(=O)OC[C@@H](O)[C@H]1OC[C@H](O)[C@H]1O. The van der Waals surface area contributed by atoms with Crippen molar-refractivity contribution in [3.05, 3.63) is 12.8 Å². The second kappa shape index (κ2) is 18.9. The van der Waals surface area contributed by atoms with Gasteiger partial charge in [-0.05, 0) is 13.3 Å². The number of rotatable bonds is 15. The number of carbonyl (C=O) groups excluding carboxylic acids is 1. The van der Waals surface area contributed by atoms with E-state index in [0.29, 0.717) is 6.42 Å². The topological polar surface area (TPSA) is 105 Å². The van der Waals surface area contributed by atoms with Crippen LogP contribution in [0.1, 0.15) is 78.1 Å². The minimum absolute atomic E-state index is 0.0186. The highest BCUT2D eigenvalue weighted by Gasteiger charge is 2.39. The van der Waals surface area contributed by atoms with Crippen LogP contribution >= 0.6 is 0 Å². The molecule has 7 heteroatoms. The van der Waals surface area contributed by atoms with Crippen molar-refractivity contribution in [2.24, 2.45) is 0 Å². The number of unbranched alkanes of at least 4 members (excludes halogenated alkanes) is 8. The highest BCUT2D eigenvalue weighted by Crippen LogP contribution is 2.18. The van der Waals surface area contributed by atoms with Crippen LogP contribution < -0.4 is 0 Å². The van der Waals surface area contributed by atoms with E-state index in [1.807, 2.05) is 6.92 Å². The van der Waals surface area contributed by atoms with Gasteiger partial charge in [0.1, 0.15) is 31.0 Å². The van der Waals surface area contributed by atoms with E-state index in [-0.39, 0.29) is 19.2 Å². The molecule has 0 unspecified atom stereocenters. The van der Waals surface area contributed by atoms with Gasteiger partial charge >= 0.3 is 5.97 Å². The Kier molecular flexibility index (Phi) is 18.1. The minimum Gasteiger partial charge on any atom is -0.502 e. The molecule has 4 atom stereocenters. The fourth-order valence-electron chi connectivity index (χ4n) is 3.01. The average molecular weight is 419 g/mol. The monoisotopic (exact) mass is 418 g/mol. The predicted octanol–water partition coefficient (Wildman–Crippen LogP) is 3.10. The molecule has 29 heavy (non-hydrogen) atoms. The van der Waals surface area contributed by atoms with Crippen LogP contribution in [0.4, 0.5) is 0 Å². The van der Waals surface area contributed by atoms with Crippen molar-refractivity contribution in [3.8, 4) is 0 Å². The molecule has 0 saturated carbocycles. The molecule has 0 aromatic carbocycles.